The van der Waals surface area contributed by atoms with Crippen LogP contribution < -0.4 is 16.5 Å². The van der Waals surface area contributed by atoms with Gasteiger partial charge in [0.25, 0.3) is 5.82 Å². The molecule has 0 radical (unpaired) electrons. The van der Waals surface area contributed by atoms with Crippen LogP contribution in [-0.4, -0.2) is 5.78 Å². The maximum Gasteiger partial charge on any atom is 0.290 e. The molecular formula is C21H13BrClN4OS+. The number of carbonyl (C=O) groups is 1. The number of fused-ring (bicyclic) bond motifs is 1. The number of hydrogen-bond acceptors (Lipinski definition) is 5. The lowest BCUT2D eigenvalue weighted by molar-refractivity contribution is -0.323. The van der Waals surface area contributed by atoms with Crippen molar-refractivity contribution >= 4 is 66.4 Å². The largest absolute Gasteiger partial charge is 0.397 e. The third-order valence-electron chi connectivity index (χ3n) is 4.52. The van der Waals surface area contributed by atoms with E-state index in [1.165, 1.54) is 11.3 Å². The molecule has 0 fully saturated rings. The Morgan fingerprint density at radius 1 is 1.10 bits per heavy atom. The van der Waals surface area contributed by atoms with Crippen molar-refractivity contribution in [1.29, 1.82) is 5.26 Å². The van der Waals surface area contributed by atoms with Gasteiger partial charge in [-0.05, 0) is 42.0 Å². The summed E-state index contributed by atoms with van der Waals surface area (Å²) in [4.78, 5) is 17.1. The predicted molar refractivity (Wildman–Crippen MR) is 120 cm³/mol. The van der Waals surface area contributed by atoms with Gasteiger partial charge in [0.1, 0.15) is 16.5 Å². The van der Waals surface area contributed by atoms with Gasteiger partial charge in [-0.2, -0.15) is 5.26 Å². The minimum atomic E-state index is -0.215. The Labute approximate surface area is 183 Å². The number of ketones is 1. The number of benzene rings is 2. The van der Waals surface area contributed by atoms with Crippen LogP contribution in [0.5, 0.6) is 0 Å². The monoisotopic (exact) mass is 483 g/mol. The maximum atomic E-state index is 13.1. The normalized spacial score (nSPS) is 10.8. The smallest absolute Gasteiger partial charge is 0.290 e. The minimum absolute atomic E-state index is 0.215. The number of nitrogens with zero attached hydrogens (tertiary/aromatic N) is 1. The van der Waals surface area contributed by atoms with Crippen LogP contribution in [-0.2, 0) is 0 Å². The molecule has 5 nitrogen and oxygen atoms in total. The first-order valence-electron chi connectivity index (χ1n) is 8.43. The van der Waals surface area contributed by atoms with Crippen molar-refractivity contribution in [2.75, 3.05) is 11.5 Å². The van der Waals surface area contributed by atoms with Crippen LogP contribution >= 0.6 is 38.9 Å². The van der Waals surface area contributed by atoms with Crippen LogP contribution in [0.2, 0.25) is 5.02 Å². The quantitative estimate of drug-likeness (QED) is 0.396. The Morgan fingerprint density at radius 2 is 1.76 bits per heavy atom. The van der Waals surface area contributed by atoms with Crippen molar-refractivity contribution in [3.05, 3.63) is 74.0 Å². The van der Waals surface area contributed by atoms with Crippen LogP contribution in [0.4, 0.5) is 11.5 Å². The number of carbonyl (C=O) groups excluding carboxylic acids is 1. The maximum absolute atomic E-state index is 13.1. The van der Waals surface area contributed by atoms with Crippen LogP contribution in [0.15, 0.2) is 53.0 Å². The molecule has 142 valence electrons. The molecule has 0 saturated heterocycles. The van der Waals surface area contributed by atoms with Gasteiger partial charge in [0.2, 0.25) is 5.78 Å². The number of H-pyrrole nitrogens is 1. The highest BCUT2D eigenvalue weighted by Crippen LogP contribution is 2.42. The molecule has 2 aromatic heterocycles. The van der Waals surface area contributed by atoms with Crippen LogP contribution in [0.1, 0.15) is 20.8 Å². The molecule has 4 aromatic rings. The van der Waals surface area contributed by atoms with Crippen molar-refractivity contribution in [2.24, 2.45) is 0 Å². The zero-order valence-corrected chi connectivity index (χ0v) is 18.0. The topological polar surface area (TPSA) is 107 Å². The first kappa shape index (κ1) is 19.4. The van der Waals surface area contributed by atoms with E-state index in [-0.39, 0.29) is 17.2 Å². The summed E-state index contributed by atoms with van der Waals surface area (Å²) in [5, 5.41) is 10.9. The molecule has 5 N–H and O–H groups in total. The van der Waals surface area contributed by atoms with Gasteiger partial charge in [0, 0.05) is 20.6 Å². The second kappa shape index (κ2) is 7.48. The van der Waals surface area contributed by atoms with Gasteiger partial charge in [-0.1, -0.05) is 51.0 Å². The molecule has 2 aromatic carbocycles. The summed E-state index contributed by atoms with van der Waals surface area (Å²) in [7, 11) is 0. The summed E-state index contributed by atoms with van der Waals surface area (Å²) in [6.07, 6.45) is 0. The average molecular weight is 485 g/mol. The molecular weight excluding hydrogens is 472 g/mol. The van der Waals surface area contributed by atoms with E-state index in [4.69, 9.17) is 23.1 Å². The van der Waals surface area contributed by atoms with Gasteiger partial charge in [-0.25, -0.2) is 4.98 Å². The minimum Gasteiger partial charge on any atom is -0.397 e. The lowest BCUT2D eigenvalue weighted by Gasteiger charge is -2.07. The summed E-state index contributed by atoms with van der Waals surface area (Å²) in [5.74, 6) is 0.0114. The number of hydrogen-bond donors (Lipinski definition) is 2. The fourth-order valence-electron chi connectivity index (χ4n) is 3.15. The Balaban J connectivity index is 2.00. The highest BCUT2D eigenvalue weighted by Gasteiger charge is 2.27. The predicted octanol–water partition coefficient (Wildman–Crippen LogP) is 5.07. The number of anilines is 2. The Morgan fingerprint density at radius 3 is 2.38 bits per heavy atom. The van der Waals surface area contributed by atoms with E-state index in [2.05, 4.69) is 27.0 Å². The van der Waals surface area contributed by atoms with Crippen molar-refractivity contribution < 1.29 is 9.78 Å². The summed E-state index contributed by atoms with van der Waals surface area (Å²) < 4.78 is 0.906. The second-order valence-corrected chi connectivity index (χ2v) is 8.67. The van der Waals surface area contributed by atoms with Gasteiger partial charge in [0.05, 0.1) is 11.1 Å². The van der Waals surface area contributed by atoms with Gasteiger partial charge >= 0.3 is 0 Å². The molecule has 0 amide bonds. The number of nitrogen functional groups attached to an aromatic ring is 2. The van der Waals surface area contributed by atoms with Crippen molar-refractivity contribution in [3.63, 3.8) is 0 Å². The van der Waals surface area contributed by atoms with Crippen molar-refractivity contribution in [2.45, 2.75) is 0 Å². The van der Waals surface area contributed by atoms with E-state index >= 15 is 0 Å². The highest BCUT2D eigenvalue weighted by molar-refractivity contribution is 9.10. The molecule has 0 aliphatic carbocycles. The Bertz CT molecular complexity index is 1310. The highest BCUT2D eigenvalue weighted by atomic mass is 79.9. The first-order valence-corrected chi connectivity index (χ1v) is 10.4. The Kier molecular flexibility index (Phi) is 5.01. The molecule has 0 saturated carbocycles. The summed E-state index contributed by atoms with van der Waals surface area (Å²) in [6.45, 7) is 0. The molecule has 0 unspecified atom stereocenters. The number of aromatic amines is 1. The van der Waals surface area contributed by atoms with E-state index < -0.39 is 0 Å². The van der Waals surface area contributed by atoms with Gasteiger partial charge in [-0.3, -0.25) is 10.5 Å². The number of nitriles is 1. The standard InChI is InChI=1S/C21H12BrClN4OS/c22-12-5-1-10(2-6-12)15-14(9-24)20(26)27-21-16(15)17(25)19(29-21)18(28)11-3-7-13(23)8-4-11/h1-8H,25H2,(H2,26,27)/p+1. The van der Waals surface area contributed by atoms with E-state index in [9.17, 15) is 10.1 Å². The number of rotatable bonds is 3. The second-order valence-electron chi connectivity index (χ2n) is 6.29. The van der Waals surface area contributed by atoms with Gasteiger partial charge in [-0.15, -0.1) is 0 Å². The summed E-state index contributed by atoms with van der Waals surface area (Å²) in [6, 6.07) is 16.3. The number of aromatic nitrogens is 1. The number of thiophene rings is 1. The number of nitrogens with one attached hydrogen (secondary N) is 1. The molecule has 4 rings (SSSR count). The first-order chi connectivity index (χ1) is 13.9. The average Bonchev–Trinajstić information content (AvgIpc) is 3.03. The lowest BCUT2D eigenvalue weighted by Crippen LogP contribution is -2.13. The Hall–Kier alpha value is -2.92. The SMILES string of the molecule is N#Cc1c(N)[nH+]c2sc(C(=O)c3ccc(Cl)cc3)c(N)c2c1-c1ccc(Br)cc1. The molecule has 0 spiro atoms. The fourth-order valence-corrected chi connectivity index (χ4v) is 4.64. The van der Waals surface area contributed by atoms with Gasteiger partial charge in [0.15, 0.2) is 4.83 Å². The molecule has 8 heteroatoms. The van der Waals surface area contributed by atoms with E-state index in [1.54, 1.807) is 24.3 Å². The van der Waals surface area contributed by atoms with Crippen molar-refractivity contribution in [3.8, 4) is 17.2 Å². The lowest BCUT2D eigenvalue weighted by atomic mass is 9.97. The third kappa shape index (κ3) is 3.36. The zero-order chi connectivity index (χ0) is 20.7. The van der Waals surface area contributed by atoms with E-state index in [0.717, 1.165) is 10.0 Å². The van der Waals surface area contributed by atoms with Gasteiger partial charge < -0.3 is 5.73 Å². The zero-order valence-electron chi connectivity index (χ0n) is 14.8. The summed E-state index contributed by atoms with van der Waals surface area (Å²) in [5.41, 5.74) is 15.0. The summed E-state index contributed by atoms with van der Waals surface area (Å²) >= 11 is 10.6. The van der Waals surface area contributed by atoms with E-state index in [1.807, 2.05) is 24.3 Å². The molecule has 2 heterocycles. The van der Waals surface area contributed by atoms with Crippen molar-refractivity contribution in [1.82, 2.24) is 0 Å². The number of nitrogens with two attached hydrogens (primary N) is 2. The number of pyridine rings is 1. The van der Waals surface area contributed by atoms with Crippen LogP contribution in [0, 0.1) is 11.3 Å². The van der Waals surface area contributed by atoms with E-state index in [0.29, 0.717) is 36.9 Å². The molecule has 0 aliphatic heterocycles. The number of halogens is 2. The molecule has 0 bridgehead atoms. The molecule has 0 aliphatic rings. The molecule has 29 heavy (non-hydrogen) atoms. The molecule has 0 atom stereocenters. The fraction of sp³-hybridized carbons (Fsp3) is 0. The third-order valence-corrected chi connectivity index (χ3v) is 6.42. The van der Waals surface area contributed by atoms with Crippen LogP contribution in [0.3, 0.4) is 0 Å². The van der Waals surface area contributed by atoms with Crippen LogP contribution in [0.25, 0.3) is 21.3 Å².